The number of nitrogens with two attached hydrogens (primary N) is 2. The SMILES string of the molecule is N#CCC1(n2cc(C(N)=O)c(CC(=O)C3CC3)n2)CCC(Oc2ccc(-c3ccccc3)cc2)CC1.N#CCC1(n2cc(C(N)=O)c(CC(=O)C3CC3)n2)CCN(Oc2ccc(-c3ccccc3)cc2)CC1. The summed E-state index contributed by atoms with van der Waals surface area (Å²) in [5, 5.41) is 30.4. The Morgan fingerprint density at radius 1 is 0.556 bits per heavy atom. The molecule has 3 heterocycles. The topological polar surface area (TPSA) is 225 Å². The number of carbonyl (C=O) groups excluding carboxylic acids is 4. The molecule has 0 bridgehead atoms. The summed E-state index contributed by atoms with van der Waals surface area (Å²) in [6.07, 6.45) is 11.7. The molecule has 0 spiro atoms. The Balaban J connectivity index is 0.000000178. The van der Waals surface area contributed by atoms with Gasteiger partial charge in [0.15, 0.2) is 0 Å². The number of carbonyl (C=O) groups is 4. The van der Waals surface area contributed by atoms with E-state index in [0.717, 1.165) is 72.3 Å². The molecule has 15 nitrogen and oxygen atoms in total. The lowest BCUT2D eigenvalue weighted by atomic mass is 9.78. The molecule has 368 valence electrons. The molecule has 2 aromatic heterocycles. The summed E-state index contributed by atoms with van der Waals surface area (Å²) in [4.78, 5) is 55.0. The van der Waals surface area contributed by atoms with E-state index in [2.05, 4.69) is 58.7 Å². The number of nitrogens with zero attached hydrogens (tertiary/aromatic N) is 7. The van der Waals surface area contributed by atoms with Gasteiger partial charge in [-0.1, -0.05) is 84.9 Å². The van der Waals surface area contributed by atoms with Crippen molar-refractivity contribution in [1.29, 1.82) is 10.5 Å². The highest BCUT2D eigenvalue weighted by molar-refractivity contribution is 5.96. The van der Waals surface area contributed by atoms with Crippen molar-refractivity contribution >= 4 is 23.4 Å². The molecule has 1 saturated heterocycles. The molecule has 6 aromatic rings. The van der Waals surface area contributed by atoms with Gasteiger partial charge in [-0.3, -0.25) is 28.5 Å². The number of Topliss-reactive ketones (excluding diaryl/α,β-unsaturated/α-hetero) is 2. The first kappa shape index (κ1) is 49.1. The quantitative estimate of drug-likeness (QED) is 0.0829. The number of primary amides is 2. The summed E-state index contributed by atoms with van der Waals surface area (Å²) in [5.41, 5.74) is 16.0. The number of ketones is 2. The van der Waals surface area contributed by atoms with Gasteiger partial charge >= 0.3 is 0 Å². The molecule has 15 heteroatoms. The number of hydroxylamine groups is 2. The Morgan fingerprint density at radius 3 is 1.36 bits per heavy atom. The third-order valence-corrected chi connectivity index (χ3v) is 14.6. The Bertz CT molecular complexity index is 2760. The van der Waals surface area contributed by atoms with Crippen LogP contribution >= 0.6 is 0 Å². The number of hydrogen-bond donors (Lipinski definition) is 2. The predicted octanol–water partition coefficient (Wildman–Crippen LogP) is 8.67. The second-order valence-corrected chi connectivity index (χ2v) is 19.7. The molecule has 3 aliphatic carbocycles. The van der Waals surface area contributed by atoms with Gasteiger partial charge < -0.3 is 21.0 Å². The first-order valence-electron chi connectivity index (χ1n) is 24.9. The largest absolute Gasteiger partial charge is 0.490 e. The molecule has 4 aliphatic rings. The zero-order valence-corrected chi connectivity index (χ0v) is 40.3. The van der Waals surface area contributed by atoms with Crippen LogP contribution in [0.5, 0.6) is 11.5 Å². The molecule has 2 amide bonds. The van der Waals surface area contributed by atoms with Crippen molar-refractivity contribution in [1.82, 2.24) is 24.6 Å². The highest BCUT2D eigenvalue weighted by Gasteiger charge is 2.42. The maximum Gasteiger partial charge on any atom is 0.252 e. The number of benzene rings is 4. The summed E-state index contributed by atoms with van der Waals surface area (Å²) < 4.78 is 9.71. The van der Waals surface area contributed by atoms with Crippen LogP contribution in [0.4, 0.5) is 0 Å². The zero-order chi connectivity index (χ0) is 50.2. The molecule has 4 fully saturated rings. The van der Waals surface area contributed by atoms with E-state index in [0.29, 0.717) is 50.2 Å². The summed E-state index contributed by atoms with van der Waals surface area (Å²) in [6.45, 7) is 1.18. The van der Waals surface area contributed by atoms with Gasteiger partial charge in [0.1, 0.15) is 23.1 Å². The van der Waals surface area contributed by atoms with Crippen LogP contribution in [-0.4, -0.2) is 67.2 Å². The van der Waals surface area contributed by atoms with E-state index in [1.807, 2.05) is 77.9 Å². The van der Waals surface area contributed by atoms with Gasteiger partial charge in [-0.05, 0) is 111 Å². The van der Waals surface area contributed by atoms with Crippen LogP contribution in [0.3, 0.4) is 0 Å². The molecule has 3 saturated carbocycles. The maximum absolute atomic E-state index is 12.4. The van der Waals surface area contributed by atoms with Crippen LogP contribution in [0.25, 0.3) is 22.3 Å². The van der Waals surface area contributed by atoms with Crippen molar-refractivity contribution in [2.45, 2.75) is 107 Å². The van der Waals surface area contributed by atoms with Crippen molar-refractivity contribution < 1.29 is 28.8 Å². The molecule has 72 heavy (non-hydrogen) atoms. The standard InChI is InChI=1S/C29H30N4O3.C28H29N5O3/c30-17-16-29(33-19-25(28(31)35)26(32-33)18-27(34)22-6-7-22)14-12-24(13-15-29)36-23-10-8-21(9-11-23)20-4-2-1-3-5-20;29-15-12-28(33-19-24(27(30)35)25(31-33)18-26(34)22-6-7-22)13-16-32(17-14-28)36-23-10-8-21(9-11-23)20-4-2-1-3-5-20/h1-5,8-11,19,22,24H,6-7,12-16,18H2,(H2,31,35);1-5,8-11,19,22H,6-7,12-14,16-18H2,(H2,30,35). The summed E-state index contributed by atoms with van der Waals surface area (Å²) in [5.74, 6) is 0.729. The van der Waals surface area contributed by atoms with Gasteiger partial charge in [0.05, 0.1) is 77.5 Å². The van der Waals surface area contributed by atoms with Crippen LogP contribution in [0.15, 0.2) is 122 Å². The van der Waals surface area contributed by atoms with E-state index in [-0.39, 0.29) is 66.3 Å². The van der Waals surface area contributed by atoms with Crippen LogP contribution in [-0.2, 0) is 33.5 Å². The first-order chi connectivity index (χ1) is 34.9. The Kier molecular flexibility index (Phi) is 14.8. The Morgan fingerprint density at radius 2 is 0.958 bits per heavy atom. The number of amides is 2. The highest BCUT2D eigenvalue weighted by Crippen LogP contribution is 2.41. The van der Waals surface area contributed by atoms with Crippen molar-refractivity contribution in [3.63, 3.8) is 0 Å². The molecule has 1 aliphatic heterocycles. The Hall–Kier alpha value is -7.88. The normalized spacial score (nSPS) is 19.4. The lowest BCUT2D eigenvalue weighted by molar-refractivity contribution is -0.120. The van der Waals surface area contributed by atoms with Crippen molar-refractivity contribution in [3.8, 4) is 45.9 Å². The minimum Gasteiger partial charge on any atom is -0.490 e. The van der Waals surface area contributed by atoms with Crippen molar-refractivity contribution in [3.05, 3.63) is 144 Å². The fourth-order valence-electron chi connectivity index (χ4n) is 9.95. The second kappa shape index (κ2) is 21.6. The predicted molar refractivity (Wildman–Crippen MR) is 269 cm³/mol. The molecule has 4 aromatic carbocycles. The average Bonchev–Trinajstić information content (AvgIpc) is 4.35. The lowest BCUT2D eigenvalue weighted by Crippen LogP contribution is -2.47. The van der Waals surface area contributed by atoms with Gasteiger partial charge in [-0.15, -0.1) is 5.06 Å². The molecule has 4 N–H and O–H groups in total. The van der Waals surface area contributed by atoms with Crippen molar-refractivity contribution in [2.75, 3.05) is 13.1 Å². The fraction of sp³-hybridized carbons (Fsp3) is 0.368. The molecule has 10 rings (SSSR count). The van der Waals surface area contributed by atoms with E-state index >= 15 is 0 Å². The third-order valence-electron chi connectivity index (χ3n) is 14.6. The van der Waals surface area contributed by atoms with Crippen LogP contribution in [0, 0.1) is 34.5 Å². The van der Waals surface area contributed by atoms with E-state index in [4.69, 9.17) is 21.0 Å². The molecule has 0 unspecified atom stereocenters. The molecule has 0 atom stereocenters. The third kappa shape index (κ3) is 11.5. The molecular weight excluding hydrogens is 907 g/mol. The van der Waals surface area contributed by atoms with Crippen molar-refractivity contribution in [2.24, 2.45) is 23.3 Å². The Labute approximate surface area is 419 Å². The number of hydrogen-bond acceptors (Lipinski definition) is 11. The molecule has 0 radical (unpaired) electrons. The van der Waals surface area contributed by atoms with Gasteiger partial charge in [0, 0.05) is 37.3 Å². The minimum atomic E-state index is -0.605. The smallest absolute Gasteiger partial charge is 0.252 e. The summed E-state index contributed by atoms with van der Waals surface area (Å²) >= 11 is 0. The zero-order valence-electron chi connectivity index (χ0n) is 40.3. The maximum atomic E-state index is 12.4. The molecular formula is C57H59N9O6. The van der Waals surface area contributed by atoms with Gasteiger partial charge in [0.25, 0.3) is 11.8 Å². The first-order valence-corrected chi connectivity index (χ1v) is 24.9. The second-order valence-electron chi connectivity index (χ2n) is 19.7. The number of ether oxygens (including phenoxy) is 1. The lowest BCUT2D eigenvalue weighted by Gasteiger charge is -2.40. The minimum absolute atomic E-state index is 0.0291. The number of aromatic nitrogens is 4. The average molecular weight is 966 g/mol. The summed E-state index contributed by atoms with van der Waals surface area (Å²) in [7, 11) is 0. The van der Waals surface area contributed by atoms with E-state index in [9.17, 15) is 29.7 Å². The van der Waals surface area contributed by atoms with E-state index < -0.39 is 22.9 Å². The van der Waals surface area contributed by atoms with Crippen LogP contribution in [0.2, 0.25) is 0 Å². The highest BCUT2D eigenvalue weighted by atomic mass is 16.7. The number of rotatable bonds is 18. The van der Waals surface area contributed by atoms with Crippen LogP contribution < -0.4 is 21.0 Å². The summed E-state index contributed by atoms with van der Waals surface area (Å²) in [6, 6.07) is 41.1. The fourth-order valence-corrected chi connectivity index (χ4v) is 9.95. The van der Waals surface area contributed by atoms with E-state index in [1.54, 1.807) is 21.8 Å². The van der Waals surface area contributed by atoms with E-state index in [1.165, 1.54) is 0 Å². The monoisotopic (exact) mass is 965 g/mol. The van der Waals surface area contributed by atoms with Gasteiger partial charge in [-0.2, -0.15) is 20.7 Å². The van der Waals surface area contributed by atoms with Gasteiger partial charge in [-0.25, -0.2) is 0 Å². The number of piperidine rings is 1. The van der Waals surface area contributed by atoms with Gasteiger partial charge in [0.2, 0.25) is 0 Å². The number of nitriles is 2. The van der Waals surface area contributed by atoms with Crippen LogP contribution in [0.1, 0.15) is 109 Å².